The molecule has 25 heavy (non-hydrogen) atoms. The first-order chi connectivity index (χ1) is 11.5. The Bertz CT molecular complexity index is 635. The Morgan fingerprint density at radius 2 is 0.920 bits per heavy atom. The number of hydrogen-bond donors (Lipinski definition) is 0. The smallest absolute Gasteiger partial charge is 0.303 e. The van der Waals surface area contributed by atoms with Gasteiger partial charge < -0.3 is 4.74 Å². The Morgan fingerprint density at radius 3 is 1.20 bits per heavy atom. The van der Waals surface area contributed by atoms with E-state index in [0.717, 1.165) is 24.3 Å². The van der Waals surface area contributed by atoms with Crippen molar-refractivity contribution in [2.24, 2.45) is 0 Å². The van der Waals surface area contributed by atoms with Gasteiger partial charge in [-0.25, -0.2) is 8.78 Å². The summed E-state index contributed by atoms with van der Waals surface area (Å²) in [5, 5.41) is 0. The zero-order valence-electron chi connectivity index (χ0n) is 13.4. The van der Waals surface area contributed by atoms with Crippen molar-refractivity contribution in [3.8, 4) is 0 Å². The van der Waals surface area contributed by atoms with Gasteiger partial charge in [0.05, 0.1) is 0 Å². The van der Waals surface area contributed by atoms with Crippen LogP contribution < -0.4 is 0 Å². The third-order valence-electron chi connectivity index (χ3n) is 3.68. The highest BCUT2D eigenvalue weighted by Gasteiger charge is 2.50. The molecule has 0 saturated heterocycles. The van der Waals surface area contributed by atoms with E-state index >= 15 is 0 Å². The minimum absolute atomic E-state index is 0.644. The van der Waals surface area contributed by atoms with Crippen molar-refractivity contribution in [1.29, 1.82) is 0 Å². The first-order valence-corrected chi connectivity index (χ1v) is 7.38. The van der Waals surface area contributed by atoms with E-state index < -0.39 is 35.7 Å². The first-order valence-electron chi connectivity index (χ1n) is 7.38. The van der Waals surface area contributed by atoms with Crippen LogP contribution in [0.15, 0.2) is 48.5 Å². The molecule has 7 heteroatoms. The van der Waals surface area contributed by atoms with Crippen molar-refractivity contribution in [2.75, 3.05) is 0 Å². The summed E-state index contributed by atoms with van der Waals surface area (Å²) in [6, 6.07) is 8.89. The van der Waals surface area contributed by atoms with E-state index in [4.69, 9.17) is 0 Å². The largest absolute Gasteiger partial charge is 0.327 e. The first kappa shape index (κ1) is 19.3. The van der Waals surface area contributed by atoms with Gasteiger partial charge in [-0.15, -0.1) is 0 Å². The number of rotatable bonds is 6. The van der Waals surface area contributed by atoms with Crippen molar-refractivity contribution in [2.45, 2.75) is 38.4 Å². The number of aryl methyl sites for hydroxylation is 2. The lowest BCUT2D eigenvalue weighted by Gasteiger charge is -2.26. The van der Waals surface area contributed by atoms with Gasteiger partial charge in [0.25, 0.3) is 12.7 Å². The molecule has 0 radical (unpaired) electrons. The van der Waals surface area contributed by atoms with Gasteiger partial charge in [-0.3, -0.25) is 0 Å². The molecule has 2 aromatic carbocycles. The number of hydrogen-bond acceptors (Lipinski definition) is 1. The second kappa shape index (κ2) is 7.07. The molecular formula is C18H16F6O. The van der Waals surface area contributed by atoms with Crippen LogP contribution in [0.1, 0.15) is 22.3 Å². The predicted octanol–water partition coefficient (Wildman–Crippen LogP) is 5.80. The lowest BCUT2D eigenvalue weighted by molar-refractivity contribution is -0.295. The van der Waals surface area contributed by atoms with Gasteiger partial charge in [0.2, 0.25) is 0 Å². The molecule has 0 aliphatic carbocycles. The molecule has 0 unspecified atom stereocenters. The molecule has 136 valence electrons. The highest BCUT2D eigenvalue weighted by molar-refractivity contribution is 5.26. The SMILES string of the molecule is Cc1ccc(C(F)(F)[C@@H](F)O[C@H](F)C(F)(F)c2ccc(C)cc2)cc1. The maximum Gasteiger partial charge on any atom is 0.327 e. The fourth-order valence-electron chi connectivity index (χ4n) is 2.09. The summed E-state index contributed by atoms with van der Waals surface area (Å²) in [7, 11) is 0. The number of alkyl halides is 6. The summed E-state index contributed by atoms with van der Waals surface area (Å²) in [5.74, 6) is -8.55. The van der Waals surface area contributed by atoms with Gasteiger partial charge in [0.15, 0.2) is 0 Å². The molecule has 0 aliphatic rings. The Morgan fingerprint density at radius 1 is 0.640 bits per heavy atom. The summed E-state index contributed by atoms with van der Waals surface area (Å²) in [6.07, 6.45) is -7.14. The molecule has 1 nitrogen and oxygen atoms in total. The third-order valence-corrected chi connectivity index (χ3v) is 3.68. The van der Waals surface area contributed by atoms with Crippen molar-refractivity contribution >= 4 is 0 Å². The van der Waals surface area contributed by atoms with E-state index in [1.54, 1.807) is 13.8 Å². The van der Waals surface area contributed by atoms with Crippen LogP contribution in [0.5, 0.6) is 0 Å². The van der Waals surface area contributed by atoms with Crippen LogP contribution in [0, 0.1) is 13.8 Å². The van der Waals surface area contributed by atoms with Crippen molar-refractivity contribution in [3.63, 3.8) is 0 Å². The minimum Gasteiger partial charge on any atom is -0.303 e. The molecule has 2 rings (SSSR count). The highest BCUT2D eigenvalue weighted by atomic mass is 19.3. The van der Waals surface area contributed by atoms with Crippen LogP contribution in [-0.4, -0.2) is 12.7 Å². The van der Waals surface area contributed by atoms with E-state index in [0.29, 0.717) is 11.1 Å². The van der Waals surface area contributed by atoms with E-state index in [-0.39, 0.29) is 0 Å². The van der Waals surface area contributed by atoms with Gasteiger partial charge >= 0.3 is 11.8 Å². The Balaban J connectivity index is 2.16. The predicted molar refractivity (Wildman–Crippen MR) is 81.0 cm³/mol. The standard InChI is InChI=1S/C18H16F6O/c1-11-3-7-13(8-4-11)17(21,22)15(19)25-16(20)18(23,24)14-9-5-12(2)6-10-14/h3-10,15-16H,1-2H3/t15-,16-/m0/s1. The molecule has 0 amide bonds. The molecule has 0 aromatic heterocycles. The monoisotopic (exact) mass is 362 g/mol. The van der Waals surface area contributed by atoms with Gasteiger partial charge in [0, 0.05) is 11.1 Å². The van der Waals surface area contributed by atoms with E-state index in [9.17, 15) is 26.3 Å². The van der Waals surface area contributed by atoms with E-state index in [2.05, 4.69) is 4.74 Å². The van der Waals surface area contributed by atoms with Crippen LogP contribution in [0.2, 0.25) is 0 Å². The molecule has 2 aromatic rings. The molecule has 0 spiro atoms. The fraction of sp³-hybridized carbons (Fsp3) is 0.333. The second-order valence-corrected chi connectivity index (χ2v) is 5.75. The molecule has 2 atom stereocenters. The van der Waals surface area contributed by atoms with Crippen molar-refractivity contribution < 1.29 is 31.1 Å². The van der Waals surface area contributed by atoms with Crippen molar-refractivity contribution in [3.05, 3.63) is 70.8 Å². The molecule has 0 bridgehead atoms. The molecule has 0 saturated carbocycles. The Hall–Kier alpha value is -2.02. The van der Waals surface area contributed by atoms with E-state index in [1.807, 2.05) is 0 Å². The van der Waals surface area contributed by atoms with Crippen LogP contribution in [0.25, 0.3) is 0 Å². The summed E-state index contributed by atoms with van der Waals surface area (Å²) >= 11 is 0. The number of ether oxygens (including phenoxy) is 1. The minimum atomic E-state index is -4.28. The molecular weight excluding hydrogens is 346 g/mol. The second-order valence-electron chi connectivity index (χ2n) is 5.75. The fourth-order valence-corrected chi connectivity index (χ4v) is 2.09. The Labute approximate surface area is 141 Å². The summed E-state index contributed by atoms with van der Waals surface area (Å²) < 4.78 is 87.2. The lowest BCUT2D eigenvalue weighted by atomic mass is 10.1. The zero-order valence-corrected chi connectivity index (χ0v) is 13.4. The average Bonchev–Trinajstić information content (AvgIpc) is 2.55. The average molecular weight is 362 g/mol. The van der Waals surface area contributed by atoms with Crippen LogP contribution in [-0.2, 0) is 16.6 Å². The number of halogens is 6. The molecule has 0 heterocycles. The van der Waals surface area contributed by atoms with E-state index in [1.165, 1.54) is 24.3 Å². The quantitative estimate of drug-likeness (QED) is 0.591. The van der Waals surface area contributed by atoms with Crippen LogP contribution in [0.3, 0.4) is 0 Å². The molecule has 0 fully saturated rings. The summed E-state index contributed by atoms with van der Waals surface area (Å²) in [6.45, 7) is 3.26. The third kappa shape index (κ3) is 4.15. The van der Waals surface area contributed by atoms with Crippen LogP contribution in [0.4, 0.5) is 26.3 Å². The summed E-state index contributed by atoms with van der Waals surface area (Å²) in [5.41, 5.74) is -0.303. The van der Waals surface area contributed by atoms with Gasteiger partial charge in [-0.05, 0) is 13.8 Å². The topological polar surface area (TPSA) is 9.23 Å². The maximum atomic E-state index is 14.0. The highest BCUT2D eigenvalue weighted by Crippen LogP contribution is 2.40. The maximum absolute atomic E-state index is 14.0. The van der Waals surface area contributed by atoms with Gasteiger partial charge in [-0.2, -0.15) is 17.6 Å². The summed E-state index contributed by atoms with van der Waals surface area (Å²) in [4.78, 5) is 0. The number of benzene rings is 2. The molecule has 0 aliphatic heterocycles. The zero-order chi connectivity index (χ0) is 18.8. The molecule has 0 N–H and O–H groups in total. The van der Waals surface area contributed by atoms with Gasteiger partial charge in [-0.1, -0.05) is 59.7 Å². The van der Waals surface area contributed by atoms with Crippen molar-refractivity contribution in [1.82, 2.24) is 0 Å². The normalized spacial score (nSPS) is 15.0. The Kier molecular flexibility index (Phi) is 5.46. The van der Waals surface area contributed by atoms with Gasteiger partial charge in [0.1, 0.15) is 0 Å². The van der Waals surface area contributed by atoms with Crippen LogP contribution >= 0.6 is 0 Å². The lowest BCUT2D eigenvalue weighted by Crippen LogP contribution is -2.38.